The van der Waals surface area contributed by atoms with E-state index >= 15 is 0 Å². The predicted octanol–water partition coefficient (Wildman–Crippen LogP) is 2.95. The summed E-state index contributed by atoms with van der Waals surface area (Å²) in [5.41, 5.74) is 0.568. The van der Waals surface area contributed by atoms with Crippen LogP contribution in [0.3, 0.4) is 0 Å². The monoisotopic (exact) mass is 481 g/mol. The van der Waals surface area contributed by atoms with E-state index in [9.17, 15) is 24.1 Å². The number of nitrogens with one attached hydrogen (secondary N) is 2. The summed E-state index contributed by atoms with van der Waals surface area (Å²) in [5.74, 6) is -1.56. The van der Waals surface area contributed by atoms with Gasteiger partial charge >= 0.3 is 11.8 Å². The van der Waals surface area contributed by atoms with Crippen molar-refractivity contribution in [2.75, 3.05) is 42.9 Å². The fourth-order valence-corrected chi connectivity index (χ4v) is 4.02. The standard InChI is InChI=1S/C24H24FN5O5/c25-17-7-9-18(10-8-17)28-11-13-29(14-12-28)21(22-6-3-15-35-22)16-26-23(31)24(32)27-19-4-1-2-5-20(19)30(33)34/h1-10,15,21H,11-14,16H2,(H,26,31)(H,27,32). The minimum absolute atomic E-state index is 0.0582. The number of hydrogen-bond acceptors (Lipinski definition) is 7. The van der Waals surface area contributed by atoms with Crippen LogP contribution >= 0.6 is 0 Å². The molecule has 4 rings (SSSR count). The second-order valence-corrected chi connectivity index (χ2v) is 7.97. The molecule has 1 aromatic heterocycles. The SMILES string of the molecule is O=C(NCC(c1ccco1)N1CCN(c2ccc(F)cc2)CC1)C(=O)Nc1ccccc1[N+](=O)[O-]. The number of para-hydroxylation sites is 2. The van der Waals surface area contributed by atoms with Gasteiger partial charge in [-0.2, -0.15) is 0 Å². The molecule has 1 saturated heterocycles. The largest absolute Gasteiger partial charge is 0.468 e. The Labute approximate surface area is 200 Å². The van der Waals surface area contributed by atoms with Crippen LogP contribution in [0.5, 0.6) is 0 Å². The van der Waals surface area contributed by atoms with Crippen molar-refractivity contribution in [1.29, 1.82) is 0 Å². The number of halogens is 1. The van der Waals surface area contributed by atoms with Crippen LogP contribution in [0.2, 0.25) is 0 Å². The van der Waals surface area contributed by atoms with E-state index in [1.54, 1.807) is 30.5 Å². The second kappa shape index (κ2) is 10.8. The molecule has 2 aromatic carbocycles. The Morgan fingerprint density at radius 2 is 1.71 bits per heavy atom. The number of furan rings is 1. The Hall–Kier alpha value is -4.25. The third kappa shape index (κ3) is 5.82. The number of piperazine rings is 1. The van der Waals surface area contributed by atoms with Crippen LogP contribution in [0, 0.1) is 15.9 Å². The van der Waals surface area contributed by atoms with Crippen molar-refractivity contribution < 1.29 is 23.3 Å². The fraction of sp³-hybridized carbons (Fsp3) is 0.250. The van der Waals surface area contributed by atoms with Crippen molar-refractivity contribution >= 4 is 28.9 Å². The maximum absolute atomic E-state index is 13.2. The van der Waals surface area contributed by atoms with E-state index in [1.807, 2.05) is 0 Å². The highest BCUT2D eigenvalue weighted by molar-refractivity contribution is 6.39. The molecule has 1 fully saturated rings. The number of nitrogens with zero attached hydrogens (tertiary/aromatic N) is 3. The molecule has 0 radical (unpaired) electrons. The van der Waals surface area contributed by atoms with Crippen LogP contribution < -0.4 is 15.5 Å². The van der Waals surface area contributed by atoms with E-state index in [0.29, 0.717) is 31.9 Å². The summed E-state index contributed by atoms with van der Waals surface area (Å²) in [6, 6.07) is 15.2. The van der Waals surface area contributed by atoms with Crippen LogP contribution in [0.4, 0.5) is 21.5 Å². The Balaban J connectivity index is 1.37. The summed E-state index contributed by atoms with van der Waals surface area (Å²) < 4.78 is 18.8. The molecule has 1 atom stereocenters. The average molecular weight is 481 g/mol. The van der Waals surface area contributed by atoms with Gasteiger partial charge in [-0.25, -0.2) is 4.39 Å². The lowest BCUT2D eigenvalue weighted by atomic mass is 10.1. The molecule has 0 aliphatic carbocycles. The second-order valence-electron chi connectivity index (χ2n) is 7.97. The zero-order chi connectivity index (χ0) is 24.8. The number of carbonyl (C=O) groups is 2. The first-order valence-electron chi connectivity index (χ1n) is 11.0. The molecule has 1 aliphatic heterocycles. The number of hydrogen-bond donors (Lipinski definition) is 2. The highest BCUT2D eigenvalue weighted by Crippen LogP contribution is 2.25. The molecule has 2 amide bonds. The lowest BCUT2D eigenvalue weighted by Gasteiger charge is -2.39. The summed E-state index contributed by atoms with van der Waals surface area (Å²) in [6.45, 7) is 2.79. The first-order valence-corrected chi connectivity index (χ1v) is 11.0. The molecule has 182 valence electrons. The summed E-state index contributed by atoms with van der Waals surface area (Å²) in [4.78, 5) is 39.6. The van der Waals surface area contributed by atoms with E-state index in [2.05, 4.69) is 20.4 Å². The molecule has 2 heterocycles. The van der Waals surface area contributed by atoms with E-state index in [1.165, 1.54) is 36.4 Å². The Morgan fingerprint density at radius 3 is 2.37 bits per heavy atom. The van der Waals surface area contributed by atoms with Gasteiger partial charge in [-0.15, -0.1) is 0 Å². The van der Waals surface area contributed by atoms with Gasteiger partial charge in [-0.3, -0.25) is 24.6 Å². The third-order valence-electron chi connectivity index (χ3n) is 5.83. The molecular formula is C24H24FN5O5. The Kier molecular flexibility index (Phi) is 7.36. The summed E-state index contributed by atoms with van der Waals surface area (Å²) >= 11 is 0. The van der Waals surface area contributed by atoms with Gasteiger partial charge in [0.05, 0.1) is 17.2 Å². The van der Waals surface area contributed by atoms with E-state index < -0.39 is 16.7 Å². The van der Waals surface area contributed by atoms with Gasteiger partial charge < -0.3 is 20.0 Å². The molecule has 3 aromatic rings. The zero-order valence-electron chi connectivity index (χ0n) is 18.7. The lowest BCUT2D eigenvalue weighted by molar-refractivity contribution is -0.383. The number of anilines is 2. The van der Waals surface area contributed by atoms with Crippen LogP contribution in [0.25, 0.3) is 0 Å². The minimum atomic E-state index is -1.00. The van der Waals surface area contributed by atoms with Gasteiger partial charge in [0, 0.05) is 44.5 Å². The van der Waals surface area contributed by atoms with Crippen molar-refractivity contribution in [2.24, 2.45) is 0 Å². The van der Waals surface area contributed by atoms with Gasteiger partial charge in [0.1, 0.15) is 17.3 Å². The van der Waals surface area contributed by atoms with Gasteiger partial charge in [0.15, 0.2) is 0 Å². The third-order valence-corrected chi connectivity index (χ3v) is 5.83. The normalized spacial score (nSPS) is 14.8. The number of carbonyl (C=O) groups excluding carboxylic acids is 2. The molecule has 2 N–H and O–H groups in total. The molecule has 1 unspecified atom stereocenters. The Bertz CT molecular complexity index is 1180. The van der Waals surface area contributed by atoms with Crippen LogP contribution in [-0.4, -0.2) is 54.4 Å². The number of amides is 2. The van der Waals surface area contributed by atoms with Gasteiger partial charge in [0.25, 0.3) is 5.69 Å². The first kappa shape index (κ1) is 23.9. The van der Waals surface area contributed by atoms with Crippen molar-refractivity contribution in [1.82, 2.24) is 10.2 Å². The molecule has 0 spiro atoms. The summed E-state index contributed by atoms with van der Waals surface area (Å²) in [7, 11) is 0. The lowest BCUT2D eigenvalue weighted by Crippen LogP contribution is -2.50. The quantitative estimate of drug-likeness (QED) is 0.302. The first-order chi connectivity index (χ1) is 16.9. The maximum atomic E-state index is 13.2. The molecule has 35 heavy (non-hydrogen) atoms. The summed E-state index contributed by atoms with van der Waals surface area (Å²) in [6.07, 6.45) is 1.54. The highest BCUT2D eigenvalue weighted by Gasteiger charge is 2.28. The molecule has 10 nitrogen and oxygen atoms in total. The van der Waals surface area contributed by atoms with Gasteiger partial charge in [-0.1, -0.05) is 12.1 Å². The molecule has 1 aliphatic rings. The van der Waals surface area contributed by atoms with Crippen molar-refractivity contribution in [3.63, 3.8) is 0 Å². The Morgan fingerprint density at radius 1 is 1.00 bits per heavy atom. The fourth-order valence-electron chi connectivity index (χ4n) is 4.02. The minimum Gasteiger partial charge on any atom is -0.468 e. The maximum Gasteiger partial charge on any atom is 0.313 e. The molecule has 0 bridgehead atoms. The smallest absolute Gasteiger partial charge is 0.313 e. The highest BCUT2D eigenvalue weighted by atomic mass is 19.1. The molecular weight excluding hydrogens is 457 g/mol. The predicted molar refractivity (Wildman–Crippen MR) is 126 cm³/mol. The summed E-state index contributed by atoms with van der Waals surface area (Å²) in [5, 5.41) is 16.0. The van der Waals surface area contributed by atoms with Crippen LogP contribution in [0.15, 0.2) is 71.3 Å². The van der Waals surface area contributed by atoms with E-state index in [4.69, 9.17) is 4.42 Å². The number of benzene rings is 2. The van der Waals surface area contributed by atoms with E-state index in [-0.39, 0.29) is 29.8 Å². The average Bonchev–Trinajstić information content (AvgIpc) is 3.40. The van der Waals surface area contributed by atoms with Crippen LogP contribution in [-0.2, 0) is 9.59 Å². The number of rotatable bonds is 7. The van der Waals surface area contributed by atoms with Crippen molar-refractivity contribution in [3.8, 4) is 0 Å². The van der Waals surface area contributed by atoms with E-state index in [0.717, 1.165) is 5.69 Å². The number of nitro groups is 1. The van der Waals surface area contributed by atoms with Gasteiger partial charge in [0.2, 0.25) is 0 Å². The molecule has 0 saturated carbocycles. The van der Waals surface area contributed by atoms with Gasteiger partial charge in [-0.05, 0) is 42.5 Å². The molecule has 11 heteroatoms. The number of nitro benzene ring substituents is 1. The zero-order valence-corrected chi connectivity index (χ0v) is 18.7. The van der Waals surface area contributed by atoms with Crippen molar-refractivity contribution in [2.45, 2.75) is 6.04 Å². The van der Waals surface area contributed by atoms with Crippen LogP contribution in [0.1, 0.15) is 11.8 Å². The topological polar surface area (TPSA) is 121 Å². The van der Waals surface area contributed by atoms with Crippen molar-refractivity contribution in [3.05, 3.63) is 88.6 Å².